The van der Waals surface area contributed by atoms with Gasteiger partial charge in [-0.3, -0.25) is 14.4 Å². The van der Waals surface area contributed by atoms with Crippen molar-refractivity contribution in [3.05, 3.63) is 12.2 Å². The van der Waals surface area contributed by atoms with E-state index in [1.807, 2.05) is 13.8 Å². The third-order valence-electron chi connectivity index (χ3n) is 4.35. The van der Waals surface area contributed by atoms with E-state index in [0.29, 0.717) is 13.0 Å². The van der Waals surface area contributed by atoms with Gasteiger partial charge in [-0.15, -0.1) is 0 Å². The number of rotatable bonds is 3. The molecule has 1 rings (SSSR count). The van der Waals surface area contributed by atoms with Gasteiger partial charge in [0.2, 0.25) is 11.8 Å². The maximum Gasteiger partial charge on any atom is 0.304 e. The molecule has 0 aliphatic carbocycles. The molecule has 0 saturated heterocycles. The van der Waals surface area contributed by atoms with Crippen molar-refractivity contribution in [1.82, 2.24) is 10.2 Å². The Morgan fingerprint density at radius 2 is 1.92 bits per heavy atom. The summed E-state index contributed by atoms with van der Waals surface area (Å²) in [5.74, 6) is -2.09. The Labute approximate surface area is 144 Å². The average molecular weight is 338 g/mol. The predicted molar refractivity (Wildman–Crippen MR) is 92.4 cm³/mol. The molecule has 24 heavy (non-hydrogen) atoms. The highest BCUT2D eigenvalue weighted by atomic mass is 16.4. The van der Waals surface area contributed by atoms with Crippen LogP contribution in [0.25, 0.3) is 0 Å². The van der Waals surface area contributed by atoms with Gasteiger partial charge >= 0.3 is 5.97 Å². The third kappa shape index (κ3) is 6.72. The molecule has 1 aliphatic heterocycles. The summed E-state index contributed by atoms with van der Waals surface area (Å²) < 4.78 is 0. The Hall–Kier alpha value is -1.85. The van der Waals surface area contributed by atoms with E-state index in [0.717, 1.165) is 25.7 Å². The second-order valence-corrected chi connectivity index (χ2v) is 6.83. The molecule has 2 N–H and O–H groups in total. The first kappa shape index (κ1) is 20.2. The van der Waals surface area contributed by atoms with Crippen molar-refractivity contribution in [3.63, 3.8) is 0 Å². The van der Waals surface area contributed by atoms with E-state index in [1.165, 1.54) is 0 Å². The summed E-state index contributed by atoms with van der Waals surface area (Å²) in [5, 5.41) is 11.8. The first-order valence-corrected chi connectivity index (χ1v) is 8.75. The molecule has 0 aromatic carbocycles. The lowest BCUT2D eigenvalue weighted by Crippen LogP contribution is -2.52. The Balaban J connectivity index is 2.94. The van der Waals surface area contributed by atoms with Gasteiger partial charge in [-0.05, 0) is 38.0 Å². The number of nitrogens with one attached hydrogen (secondary N) is 1. The second-order valence-electron chi connectivity index (χ2n) is 6.83. The number of carbonyl (C=O) groups excluding carboxylic acids is 2. The molecule has 1 heterocycles. The monoisotopic (exact) mass is 338 g/mol. The van der Waals surface area contributed by atoms with Crippen LogP contribution in [0.1, 0.15) is 52.4 Å². The quantitative estimate of drug-likeness (QED) is 0.772. The molecule has 0 radical (unpaired) electrons. The second kappa shape index (κ2) is 10.1. The SMILES string of the molecule is CC(C)[C@@H]1NC(=O)[C@@H](CC(=O)O)CCCC=CCCCN(C)C1=O. The molecule has 0 aromatic heterocycles. The third-order valence-corrected chi connectivity index (χ3v) is 4.35. The standard InChI is InChI=1S/C18H30N2O4/c1-13(2)16-18(24)20(3)11-9-7-5-4-6-8-10-14(12-15(21)22)17(23)19-16/h4-5,13-14,16H,6-12H2,1-3H3,(H,19,23)(H,21,22)/t14-,16+/m1/s1. The van der Waals surface area contributed by atoms with E-state index in [4.69, 9.17) is 5.11 Å². The lowest BCUT2D eigenvalue weighted by atomic mass is 9.95. The average Bonchev–Trinajstić information content (AvgIpc) is 2.51. The van der Waals surface area contributed by atoms with Crippen molar-refractivity contribution >= 4 is 17.8 Å². The van der Waals surface area contributed by atoms with Crippen molar-refractivity contribution in [2.24, 2.45) is 11.8 Å². The van der Waals surface area contributed by atoms with Crippen molar-refractivity contribution in [2.45, 2.75) is 58.4 Å². The van der Waals surface area contributed by atoms with Crippen LogP contribution >= 0.6 is 0 Å². The normalized spacial score (nSPS) is 24.6. The summed E-state index contributed by atoms with van der Waals surface area (Å²) in [6.45, 7) is 4.41. The molecule has 1 aliphatic rings. The summed E-state index contributed by atoms with van der Waals surface area (Å²) >= 11 is 0. The van der Waals surface area contributed by atoms with Gasteiger partial charge < -0.3 is 15.3 Å². The van der Waals surface area contributed by atoms with Crippen molar-refractivity contribution in [2.75, 3.05) is 13.6 Å². The fourth-order valence-corrected chi connectivity index (χ4v) is 2.83. The van der Waals surface area contributed by atoms with Crippen LogP contribution in [0, 0.1) is 11.8 Å². The molecule has 6 nitrogen and oxygen atoms in total. The van der Waals surface area contributed by atoms with Crippen LogP contribution in [0.4, 0.5) is 0 Å². The van der Waals surface area contributed by atoms with Crippen LogP contribution in [0.5, 0.6) is 0 Å². The zero-order valence-electron chi connectivity index (χ0n) is 15.0. The van der Waals surface area contributed by atoms with E-state index < -0.39 is 17.9 Å². The fourth-order valence-electron chi connectivity index (χ4n) is 2.83. The summed E-state index contributed by atoms with van der Waals surface area (Å²) in [7, 11) is 1.74. The number of likely N-dealkylation sites (N-methyl/N-ethyl adjacent to an activating group) is 1. The minimum Gasteiger partial charge on any atom is -0.481 e. The van der Waals surface area contributed by atoms with Gasteiger partial charge in [-0.2, -0.15) is 0 Å². The van der Waals surface area contributed by atoms with Gasteiger partial charge in [0.25, 0.3) is 0 Å². The molecule has 0 saturated carbocycles. The highest BCUT2D eigenvalue weighted by Gasteiger charge is 2.30. The van der Waals surface area contributed by atoms with E-state index in [9.17, 15) is 14.4 Å². The Kier molecular flexibility index (Phi) is 8.50. The van der Waals surface area contributed by atoms with Crippen molar-refractivity contribution in [3.8, 4) is 0 Å². The molecule has 136 valence electrons. The van der Waals surface area contributed by atoms with Gasteiger partial charge in [-0.25, -0.2) is 0 Å². The number of amides is 2. The Morgan fingerprint density at radius 1 is 1.29 bits per heavy atom. The molecule has 6 heteroatoms. The summed E-state index contributed by atoms with van der Waals surface area (Å²) in [6.07, 6.45) is 7.88. The highest BCUT2D eigenvalue weighted by molar-refractivity contribution is 5.90. The van der Waals surface area contributed by atoms with Crippen LogP contribution in [-0.2, 0) is 14.4 Å². The van der Waals surface area contributed by atoms with Crippen LogP contribution in [0.3, 0.4) is 0 Å². The summed E-state index contributed by atoms with van der Waals surface area (Å²) in [6, 6.07) is -0.614. The number of allylic oxidation sites excluding steroid dienone is 2. The number of hydrogen-bond donors (Lipinski definition) is 2. The number of aliphatic carboxylic acids is 1. The Bertz CT molecular complexity index is 474. The van der Waals surface area contributed by atoms with Gasteiger partial charge in [0, 0.05) is 19.5 Å². The fraction of sp³-hybridized carbons (Fsp3) is 0.722. The van der Waals surface area contributed by atoms with Crippen molar-refractivity contribution < 1.29 is 19.5 Å². The molecule has 2 amide bonds. The smallest absolute Gasteiger partial charge is 0.304 e. The van der Waals surface area contributed by atoms with E-state index >= 15 is 0 Å². The minimum atomic E-state index is -0.989. The first-order valence-electron chi connectivity index (χ1n) is 8.75. The number of nitrogens with zero attached hydrogens (tertiary/aromatic N) is 1. The molecule has 0 bridgehead atoms. The van der Waals surface area contributed by atoms with Gasteiger partial charge in [0.05, 0.1) is 6.42 Å². The molecule has 0 unspecified atom stereocenters. The summed E-state index contributed by atoms with van der Waals surface area (Å²) in [5.41, 5.74) is 0. The topological polar surface area (TPSA) is 86.7 Å². The van der Waals surface area contributed by atoms with Gasteiger partial charge in [-0.1, -0.05) is 26.0 Å². The lowest BCUT2D eigenvalue weighted by Gasteiger charge is -2.28. The molecule has 0 aromatic rings. The first-order chi connectivity index (χ1) is 11.3. The number of carbonyl (C=O) groups is 3. The minimum absolute atomic E-state index is 0.0535. The van der Waals surface area contributed by atoms with Gasteiger partial charge in [0.1, 0.15) is 6.04 Å². The lowest BCUT2D eigenvalue weighted by molar-refractivity contribution is -0.142. The molecule has 2 atom stereocenters. The van der Waals surface area contributed by atoms with Gasteiger partial charge in [0.15, 0.2) is 0 Å². The number of carboxylic acid groups (broad SMARTS) is 1. The van der Waals surface area contributed by atoms with Crippen LogP contribution in [0.2, 0.25) is 0 Å². The zero-order valence-corrected chi connectivity index (χ0v) is 15.0. The van der Waals surface area contributed by atoms with E-state index in [-0.39, 0.29) is 24.2 Å². The predicted octanol–water partition coefficient (Wildman–Crippen LogP) is 2.20. The molecule has 0 fully saturated rings. The molecular formula is C18H30N2O4. The maximum absolute atomic E-state index is 12.6. The Morgan fingerprint density at radius 3 is 2.50 bits per heavy atom. The largest absolute Gasteiger partial charge is 0.481 e. The maximum atomic E-state index is 12.6. The molecule has 0 spiro atoms. The van der Waals surface area contributed by atoms with Crippen LogP contribution < -0.4 is 5.32 Å². The van der Waals surface area contributed by atoms with E-state index in [2.05, 4.69) is 17.5 Å². The zero-order chi connectivity index (χ0) is 18.1. The van der Waals surface area contributed by atoms with Crippen LogP contribution in [0.15, 0.2) is 12.2 Å². The van der Waals surface area contributed by atoms with Crippen molar-refractivity contribution in [1.29, 1.82) is 0 Å². The molecular weight excluding hydrogens is 308 g/mol. The number of carboxylic acids is 1. The van der Waals surface area contributed by atoms with E-state index in [1.54, 1.807) is 11.9 Å². The highest BCUT2D eigenvalue weighted by Crippen LogP contribution is 2.16. The summed E-state index contributed by atoms with van der Waals surface area (Å²) in [4.78, 5) is 37.8. The van der Waals surface area contributed by atoms with Crippen LogP contribution in [-0.4, -0.2) is 47.4 Å². The number of hydrogen-bond acceptors (Lipinski definition) is 3.